The van der Waals surface area contributed by atoms with Crippen molar-refractivity contribution in [2.75, 3.05) is 26.5 Å². The van der Waals surface area contributed by atoms with E-state index >= 15 is 0 Å². The Balaban J connectivity index is 0.00000161. The summed E-state index contributed by atoms with van der Waals surface area (Å²) < 4.78 is 7.70. The molecule has 1 heterocycles. The fraction of sp³-hybridized carbons (Fsp3) is 0.235. The number of ether oxygens (including phenoxy) is 1. The second-order valence-corrected chi connectivity index (χ2v) is 5.98. The summed E-state index contributed by atoms with van der Waals surface area (Å²) in [5.74, 6) is 2.01. The van der Waals surface area contributed by atoms with Crippen LogP contribution in [0.5, 0.6) is 5.75 Å². The second kappa shape index (κ2) is 7.31. The molecule has 21 heavy (non-hydrogen) atoms. The molecule has 0 N–H and O–H groups in total. The van der Waals surface area contributed by atoms with Gasteiger partial charge in [0, 0.05) is 10.5 Å². The summed E-state index contributed by atoms with van der Waals surface area (Å²) in [4.78, 5) is 1.30. The van der Waals surface area contributed by atoms with Gasteiger partial charge in [-0.15, -0.1) is 11.8 Å². The Morgan fingerprint density at radius 1 is 1.10 bits per heavy atom. The highest BCUT2D eigenvalue weighted by Crippen LogP contribution is 2.31. The van der Waals surface area contributed by atoms with E-state index in [4.69, 9.17) is 4.74 Å². The SMILES string of the molecule is COc1ccc2c(c1)SCC[N+](C)=C2c1ccccc1.[I-]. The van der Waals surface area contributed by atoms with Gasteiger partial charge in [-0.3, -0.25) is 0 Å². The minimum atomic E-state index is 0. The van der Waals surface area contributed by atoms with Crippen LogP contribution in [0.1, 0.15) is 11.1 Å². The Labute approximate surface area is 147 Å². The van der Waals surface area contributed by atoms with Crippen LogP contribution in [0.3, 0.4) is 0 Å². The molecule has 0 aromatic heterocycles. The lowest BCUT2D eigenvalue weighted by atomic mass is 10.0. The lowest BCUT2D eigenvalue weighted by molar-refractivity contribution is -0.490. The largest absolute Gasteiger partial charge is 1.00 e. The molecular formula is C17H18INOS. The minimum absolute atomic E-state index is 0. The molecule has 0 saturated heterocycles. The van der Waals surface area contributed by atoms with Gasteiger partial charge in [-0.05, 0) is 30.3 Å². The first-order valence-corrected chi connectivity index (χ1v) is 7.73. The maximum absolute atomic E-state index is 5.35. The van der Waals surface area contributed by atoms with Gasteiger partial charge in [-0.25, -0.2) is 4.58 Å². The molecule has 110 valence electrons. The van der Waals surface area contributed by atoms with Crippen LogP contribution in [-0.4, -0.2) is 36.7 Å². The molecule has 2 aromatic rings. The van der Waals surface area contributed by atoms with Crippen molar-refractivity contribution >= 4 is 17.5 Å². The highest BCUT2D eigenvalue weighted by Gasteiger charge is 2.23. The topological polar surface area (TPSA) is 12.2 Å². The summed E-state index contributed by atoms with van der Waals surface area (Å²) in [6.07, 6.45) is 0. The molecule has 3 rings (SSSR count). The predicted octanol–water partition coefficient (Wildman–Crippen LogP) is 0.285. The third-order valence-electron chi connectivity index (χ3n) is 3.56. The number of rotatable bonds is 2. The van der Waals surface area contributed by atoms with E-state index in [0.717, 1.165) is 18.0 Å². The molecule has 4 heteroatoms. The third kappa shape index (κ3) is 3.43. The normalized spacial score (nSPS) is 14.0. The predicted molar refractivity (Wildman–Crippen MR) is 84.4 cm³/mol. The first-order valence-electron chi connectivity index (χ1n) is 6.74. The van der Waals surface area contributed by atoms with Gasteiger partial charge in [0.15, 0.2) is 6.54 Å². The van der Waals surface area contributed by atoms with Gasteiger partial charge in [0.25, 0.3) is 0 Å². The number of thioether (sulfide) groups is 1. The summed E-state index contributed by atoms with van der Waals surface area (Å²) in [6, 6.07) is 17.0. The molecule has 0 bridgehead atoms. The minimum Gasteiger partial charge on any atom is -1.00 e. The molecule has 0 aliphatic carbocycles. The fourth-order valence-electron chi connectivity index (χ4n) is 2.53. The molecule has 0 spiro atoms. The summed E-state index contributed by atoms with van der Waals surface area (Å²) in [7, 11) is 3.89. The first-order chi connectivity index (χ1) is 9.79. The number of benzene rings is 2. The van der Waals surface area contributed by atoms with Crippen LogP contribution in [0.25, 0.3) is 0 Å². The Kier molecular flexibility index (Phi) is 5.70. The van der Waals surface area contributed by atoms with E-state index in [-0.39, 0.29) is 24.0 Å². The molecule has 0 fully saturated rings. The number of hydrogen-bond acceptors (Lipinski definition) is 2. The molecule has 2 aromatic carbocycles. The molecule has 0 saturated carbocycles. The van der Waals surface area contributed by atoms with Crippen molar-refractivity contribution in [2.24, 2.45) is 0 Å². The van der Waals surface area contributed by atoms with E-state index in [2.05, 4.69) is 54.1 Å². The van der Waals surface area contributed by atoms with Crippen molar-refractivity contribution in [2.45, 2.75) is 4.90 Å². The highest BCUT2D eigenvalue weighted by atomic mass is 127. The Hall–Kier alpha value is -1.01. The number of methoxy groups -OCH3 is 1. The van der Waals surface area contributed by atoms with Crippen LogP contribution in [0, 0.1) is 0 Å². The van der Waals surface area contributed by atoms with Gasteiger partial charge in [-0.1, -0.05) is 18.2 Å². The Bertz CT molecular complexity index is 655. The van der Waals surface area contributed by atoms with Crippen molar-refractivity contribution in [3.63, 3.8) is 0 Å². The Morgan fingerprint density at radius 3 is 2.57 bits per heavy atom. The average molecular weight is 411 g/mol. The van der Waals surface area contributed by atoms with Crippen LogP contribution < -0.4 is 28.7 Å². The van der Waals surface area contributed by atoms with Crippen molar-refractivity contribution in [1.82, 2.24) is 0 Å². The van der Waals surface area contributed by atoms with Crippen LogP contribution in [-0.2, 0) is 0 Å². The first kappa shape index (κ1) is 16.4. The van der Waals surface area contributed by atoms with Crippen molar-refractivity contribution < 1.29 is 33.3 Å². The van der Waals surface area contributed by atoms with Crippen molar-refractivity contribution in [3.8, 4) is 5.75 Å². The summed E-state index contributed by atoms with van der Waals surface area (Å²) >= 11 is 1.90. The third-order valence-corrected chi connectivity index (χ3v) is 4.59. The molecule has 0 amide bonds. The molecule has 0 atom stereocenters. The van der Waals surface area contributed by atoms with Crippen LogP contribution in [0.4, 0.5) is 0 Å². The van der Waals surface area contributed by atoms with Gasteiger partial charge < -0.3 is 28.7 Å². The van der Waals surface area contributed by atoms with Crippen LogP contribution in [0.2, 0.25) is 0 Å². The average Bonchev–Trinajstić information content (AvgIpc) is 2.65. The molecule has 0 unspecified atom stereocenters. The van der Waals surface area contributed by atoms with Gasteiger partial charge >= 0.3 is 0 Å². The maximum atomic E-state index is 5.35. The van der Waals surface area contributed by atoms with E-state index in [1.165, 1.54) is 21.7 Å². The van der Waals surface area contributed by atoms with E-state index < -0.39 is 0 Å². The molecular weight excluding hydrogens is 393 g/mol. The smallest absolute Gasteiger partial charge is 0.215 e. The fourth-order valence-corrected chi connectivity index (χ4v) is 3.63. The zero-order valence-corrected chi connectivity index (χ0v) is 15.1. The molecule has 0 radical (unpaired) electrons. The monoisotopic (exact) mass is 411 g/mol. The number of nitrogens with zero attached hydrogens (tertiary/aromatic N) is 1. The van der Waals surface area contributed by atoms with E-state index in [9.17, 15) is 0 Å². The zero-order chi connectivity index (χ0) is 13.9. The number of fused-ring (bicyclic) bond motifs is 1. The summed E-state index contributed by atoms with van der Waals surface area (Å²) in [6.45, 7) is 1.05. The van der Waals surface area contributed by atoms with Crippen LogP contribution in [0.15, 0.2) is 53.4 Å². The van der Waals surface area contributed by atoms with Gasteiger partial charge in [0.2, 0.25) is 5.71 Å². The van der Waals surface area contributed by atoms with Gasteiger partial charge in [-0.2, -0.15) is 0 Å². The Morgan fingerprint density at radius 2 is 1.86 bits per heavy atom. The lowest BCUT2D eigenvalue weighted by Gasteiger charge is -2.09. The summed E-state index contributed by atoms with van der Waals surface area (Å²) in [5.41, 5.74) is 3.86. The molecule has 1 aliphatic rings. The standard InChI is InChI=1S/C17H18NOS.HI/c1-18-10-11-20-16-12-14(19-2)8-9-15(16)17(18)13-6-4-3-5-7-13;/h3-9,12H,10-11H2,1-2H3;1H/q+1;/p-1. The number of halogens is 1. The molecule has 1 aliphatic heterocycles. The lowest BCUT2D eigenvalue weighted by Crippen LogP contribution is -3.00. The summed E-state index contributed by atoms with van der Waals surface area (Å²) in [5, 5.41) is 0. The van der Waals surface area contributed by atoms with E-state index in [1.54, 1.807) is 7.11 Å². The zero-order valence-electron chi connectivity index (χ0n) is 12.2. The van der Waals surface area contributed by atoms with E-state index in [0.29, 0.717) is 0 Å². The maximum Gasteiger partial charge on any atom is 0.215 e. The van der Waals surface area contributed by atoms with E-state index in [1.807, 2.05) is 17.8 Å². The van der Waals surface area contributed by atoms with Gasteiger partial charge in [0.1, 0.15) is 12.8 Å². The highest BCUT2D eigenvalue weighted by molar-refractivity contribution is 7.99. The quantitative estimate of drug-likeness (QED) is 0.520. The van der Waals surface area contributed by atoms with Gasteiger partial charge in [0.05, 0.1) is 18.4 Å². The number of hydrogen-bond donors (Lipinski definition) is 0. The van der Waals surface area contributed by atoms with Crippen molar-refractivity contribution in [3.05, 3.63) is 59.7 Å². The second-order valence-electron chi connectivity index (χ2n) is 4.85. The van der Waals surface area contributed by atoms with Crippen molar-refractivity contribution in [1.29, 1.82) is 0 Å². The molecule has 2 nitrogen and oxygen atoms in total. The van der Waals surface area contributed by atoms with Crippen LogP contribution >= 0.6 is 11.8 Å².